The third-order valence-electron chi connectivity index (χ3n) is 4.37. The zero-order valence-corrected chi connectivity index (χ0v) is 13.2. The SMILES string of the molecule is Cc1nn(C)c(N(C)C(C)C(C)C)c1CNC1CC1. The van der Waals surface area contributed by atoms with Gasteiger partial charge in [-0.15, -0.1) is 0 Å². The number of nitrogens with one attached hydrogen (secondary N) is 1. The van der Waals surface area contributed by atoms with E-state index in [9.17, 15) is 0 Å². The molecule has 1 aliphatic rings. The first-order valence-electron chi connectivity index (χ1n) is 7.40. The molecule has 1 heterocycles. The number of aromatic nitrogens is 2. The van der Waals surface area contributed by atoms with Crippen LogP contribution in [0.4, 0.5) is 5.82 Å². The maximum absolute atomic E-state index is 4.61. The lowest BCUT2D eigenvalue weighted by molar-refractivity contribution is 0.495. The minimum Gasteiger partial charge on any atom is -0.357 e. The van der Waals surface area contributed by atoms with Gasteiger partial charge in [0.25, 0.3) is 0 Å². The van der Waals surface area contributed by atoms with Gasteiger partial charge >= 0.3 is 0 Å². The third kappa shape index (κ3) is 3.11. The Balaban J connectivity index is 2.21. The molecule has 0 amide bonds. The summed E-state index contributed by atoms with van der Waals surface area (Å²) in [6, 6.07) is 1.25. The van der Waals surface area contributed by atoms with Crippen LogP contribution in [0.5, 0.6) is 0 Å². The highest BCUT2D eigenvalue weighted by Crippen LogP contribution is 2.27. The molecular weight excluding hydrogens is 236 g/mol. The zero-order valence-electron chi connectivity index (χ0n) is 13.2. The number of hydrogen-bond acceptors (Lipinski definition) is 3. The average molecular weight is 264 g/mol. The molecular formula is C15H28N4. The van der Waals surface area contributed by atoms with Gasteiger partial charge in [0.1, 0.15) is 5.82 Å². The Morgan fingerprint density at radius 1 is 1.37 bits per heavy atom. The largest absolute Gasteiger partial charge is 0.357 e. The summed E-state index contributed by atoms with van der Waals surface area (Å²) in [7, 11) is 4.23. The summed E-state index contributed by atoms with van der Waals surface area (Å²) in [5.41, 5.74) is 2.50. The van der Waals surface area contributed by atoms with Gasteiger partial charge in [-0.2, -0.15) is 5.10 Å². The summed E-state index contributed by atoms with van der Waals surface area (Å²) in [6.45, 7) is 9.88. The van der Waals surface area contributed by atoms with Crippen LogP contribution in [0.3, 0.4) is 0 Å². The molecule has 0 radical (unpaired) electrons. The first-order valence-corrected chi connectivity index (χ1v) is 7.40. The molecule has 0 saturated heterocycles. The maximum atomic E-state index is 4.61. The van der Waals surface area contributed by atoms with E-state index in [0.29, 0.717) is 12.0 Å². The topological polar surface area (TPSA) is 33.1 Å². The van der Waals surface area contributed by atoms with Crippen molar-refractivity contribution in [2.75, 3.05) is 11.9 Å². The molecule has 1 saturated carbocycles. The van der Waals surface area contributed by atoms with E-state index < -0.39 is 0 Å². The van der Waals surface area contributed by atoms with E-state index >= 15 is 0 Å². The van der Waals surface area contributed by atoms with Gasteiger partial charge in [0, 0.05) is 38.3 Å². The molecule has 1 atom stereocenters. The Kier molecular flexibility index (Phi) is 4.19. The number of nitrogens with zero attached hydrogens (tertiary/aromatic N) is 3. The second kappa shape index (κ2) is 5.53. The van der Waals surface area contributed by atoms with Crippen molar-refractivity contribution >= 4 is 5.82 Å². The van der Waals surface area contributed by atoms with E-state index in [1.165, 1.54) is 24.2 Å². The predicted molar refractivity (Wildman–Crippen MR) is 80.5 cm³/mol. The fourth-order valence-electron chi connectivity index (χ4n) is 2.51. The molecule has 0 aliphatic heterocycles. The summed E-state index contributed by atoms with van der Waals surface area (Å²) < 4.78 is 2.03. The summed E-state index contributed by atoms with van der Waals surface area (Å²) in [5, 5.41) is 8.22. The van der Waals surface area contributed by atoms with E-state index in [1.54, 1.807) is 0 Å². The summed E-state index contributed by atoms with van der Waals surface area (Å²) in [4.78, 5) is 2.37. The van der Waals surface area contributed by atoms with Crippen molar-refractivity contribution in [3.8, 4) is 0 Å². The molecule has 2 rings (SSSR count). The molecule has 19 heavy (non-hydrogen) atoms. The fraction of sp³-hybridized carbons (Fsp3) is 0.800. The van der Waals surface area contributed by atoms with Crippen molar-refractivity contribution in [1.82, 2.24) is 15.1 Å². The lowest BCUT2D eigenvalue weighted by Gasteiger charge is -2.30. The molecule has 4 heteroatoms. The highest BCUT2D eigenvalue weighted by Gasteiger charge is 2.25. The second-order valence-electron chi connectivity index (χ2n) is 6.26. The summed E-state index contributed by atoms with van der Waals surface area (Å²) in [5.74, 6) is 1.89. The van der Waals surface area contributed by atoms with Gasteiger partial charge in [-0.1, -0.05) is 13.8 Å². The van der Waals surface area contributed by atoms with Crippen LogP contribution in [0.2, 0.25) is 0 Å². The second-order valence-corrected chi connectivity index (χ2v) is 6.26. The zero-order chi connectivity index (χ0) is 14.2. The van der Waals surface area contributed by atoms with Crippen molar-refractivity contribution in [3.05, 3.63) is 11.3 Å². The molecule has 0 aromatic carbocycles. The van der Waals surface area contributed by atoms with Crippen molar-refractivity contribution < 1.29 is 0 Å². The number of anilines is 1. The average Bonchev–Trinajstić information content (AvgIpc) is 3.11. The normalized spacial score (nSPS) is 17.0. The van der Waals surface area contributed by atoms with Crippen molar-refractivity contribution in [1.29, 1.82) is 0 Å². The lowest BCUT2D eigenvalue weighted by atomic mass is 10.0. The Labute approximate surface area is 117 Å². The van der Waals surface area contributed by atoms with E-state index in [0.717, 1.165) is 18.3 Å². The van der Waals surface area contributed by atoms with E-state index in [4.69, 9.17) is 0 Å². The summed E-state index contributed by atoms with van der Waals surface area (Å²) >= 11 is 0. The van der Waals surface area contributed by atoms with Crippen LogP contribution in [0.1, 0.15) is 44.9 Å². The molecule has 1 aromatic rings. The van der Waals surface area contributed by atoms with Crippen LogP contribution in [-0.4, -0.2) is 28.9 Å². The van der Waals surface area contributed by atoms with Crippen LogP contribution in [-0.2, 0) is 13.6 Å². The highest BCUT2D eigenvalue weighted by molar-refractivity contribution is 5.50. The quantitative estimate of drug-likeness (QED) is 0.857. The predicted octanol–water partition coefficient (Wildman–Crippen LogP) is 2.46. The molecule has 1 unspecified atom stereocenters. The van der Waals surface area contributed by atoms with E-state index in [1.807, 2.05) is 11.7 Å². The number of aryl methyl sites for hydroxylation is 2. The first-order chi connectivity index (χ1) is 8.91. The van der Waals surface area contributed by atoms with Crippen LogP contribution in [0, 0.1) is 12.8 Å². The molecule has 4 nitrogen and oxygen atoms in total. The summed E-state index contributed by atoms with van der Waals surface area (Å²) in [6.07, 6.45) is 2.65. The standard InChI is InChI=1S/C15H28N4/c1-10(2)12(4)18(5)15-14(9-16-13-7-8-13)11(3)17-19(15)6/h10,12-13,16H,7-9H2,1-6H3. The monoisotopic (exact) mass is 264 g/mol. The lowest BCUT2D eigenvalue weighted by Crippen LogP contribution is -2.35. The molecule has 0 bridgehead atoms. The minimum atomic E-state index is 0.509. The van der Waals surface area contributed by atoms with Gasteiger partial charge in [-0.25, -0.2) is 0 Å². The fourth-order valence-corrected chi connectivity index (χ4v) is 2.51. The maximum Gasteiger partial charge on any atom is 0.131 e. The van der Waals surface area contributed by atoms with Gasteiger partial charge < -0.3 is 10.2 Å². The molecule has 1 fully saturated rings. The first kappa shape index (κ1) is 14.4. The van der Waals surface area contributed by atoms with Crippen molar-refractivity contribution in [3.63, 3.8) is 0 Å². The smallest absolute Gasteiger partial charge is 0.131 e. The van der Waals surface area contributed by atoms with E-state index in [-0.39, 0.29) is 0 Å². The molecule has 1 N–H and O–H groups in total. The Morgan fingerprint density at radius 2 is 2.00 bits per heavy atom. The van der Waals surface area contributed by atoms with Gasteiger partial charge in [-0.3, -0.25) is 4.68 Å². The van der Waals surface area contributed by atoms with Crippen LogP contribution >= 0.6 is 0 Å². The molecule has 1 aliphatic carbocycles. The number of hydrogen-bond donors (Lipinski definition) is 1. The van der Waals surface area contributed by atoms with Crippen LogP contribution in [0.25, 0.3) is 0 Å². The molecule has 1 aromatic heterocycles. The molecule has 0 spiro atoms. The Hall–Kier alpha value is -1.03. The van der Waals surface area contributed by atoms with Crippen molar-refractivity contribution in [2.24, 2.45) is 13.0 Å². The van der Waals surface area contributed by atoms with Crippen LogP contribution < -0.4 is 10.2 Å². The third-order valence-corrected chi connectivity index (χ3v) is 4.37. The highest BCUT2D eigenvalue weighted by atomic mass is 15.4. The van der Waals surface area contributed by atoms with Crippen LogP contribution in [0.15, 0.2) is 0 Å². The Morgan fingerprint density at radius 3 is 2.53 bits per heavy atom. The minimum absolute atomic E-state index is 0.509. The van der Waals surface area contributed by atoms with Gasteiger partial charge in [0.05, 0.1) is 5.69 Å². The Bertz CT molecular complexity index is 432. The molecule has 108 valence electrons. The van der Waals surface area contributed by atoms with Crippen molar-refractivity contribution in [2.45, 2.75) is 59.2 Å². The van der Waals surface area contributed by atoms with E-state index in [2.05, 4.69) is 50.1 Å². The number of rotatable bonds is 6. The van der Waals surface area contributed by atoms with Gasteiger partial charge in [0.2, 0.25) is 0 Å². The van der Waals surface area contributed by atoms with Gasteiger partial charge in [0.15, 0.2) is 0 Å². The van der Waals surface area contributed by atoms with Gasteiger partial charge in [-0.05, 0) is 32.6 Å².